The van der Waals surface area contributed by atoms with E-state index in [2.05, 4.69) is 10.4 Å². The number of aromatic nitrogens is 2. The van der Waals surface area contributed by atoms with E-state index in [1.54, 1.807) is 12.1 Å². The van der Waals surface area contributed by atoms with Gasteiger partial charge in [0.05, 0.1) is 5.69 Å². The van der Waals surface area contributed by atoms with Crippen LogP contribution in [0.3, 0.4) is 0 Å². The largest absolute Gasteiger partial charge is 0.308 e. The molecule has 0 unspecified atom stereocenters. The van der Waals surface area contributed by atoms with E-state index >= 15 is 0 Å². The van der Waals surface area contributed by atoms with Crippen LogP contribution in [0.25, 0.3) is 0 Å². The average molecular weight is 193 g/mol. The topological polar surface area (TPSA) is 46.9 Å². The van der Waals surface area contributed by atoms with Crippen LogP contribution in [-0.4, -0.2) is 15.8 Å². The van der Waals surface area contributed by atoms with Gasteiger partial charge in [-0.1, -0.05) is 0 Å². The van der Waals surface area contributed by atoms with Crippen molar-refractivity contribution in [2.75, 3.05) is 0 Å². The lowest BCUT2D eigenvalue weighted by molar-refractivity contribution is 0.575. The minimum Gasteiger partial charge on any atom is -0.308 e. The van der Waals surface area contributed by atoms with Crippen LogP contribution in [0.2, 0.25) is 0 Å². The molecule has 1 aromatic rings. The molecule has 0 amide bonds. The molecule has 1 heterocycles. The molecular formula is C10H15N3O. The summed E-state index contributed by atoms with van der Waals surface area (Å²) in [5.41, 5.74) is 0.918. The third-order valence-electron chi connectivity index (χ3n) is 2.37. The highest BCUT2D eigenvalue weighted by Crippen LogP contribution is 2.18. The molecule has 1 N–H and O–H groups in total. The van der Waals surface area contributed by atoms with Gasteiger partial charge in [0.15, 0.2) is 0 Å². The first kappa shape index (κ1) is 9.40. The molecule has 1 aliphatic carbocycles. The van der Waals surface area contributed by atoms with Crippen molar-refractivity contribution in [1.82, 2.24) is 15.1 Å². The fourth-order valence-corrected chi connectivity index (χ4v) is 1.35. The standard InChI is InChI=1S/C10H15N3O/c1-2-13-10(14)6-5-9(12-13)7-11-8-3-4-8/h5-6,8,11H,2-4,7H2,1H3. The average Bonchev–Trinajstić information content (AvgIpc) is 3.00. The number of hydrogen-bond acceptors (Lipinski definition) is 3. The van der Waals surface area contributed by atoms with Gasteiger partial charge in [0, 0.05) is 25.2 Å². The monoisotopic (exact) mass is 193 g/mol. The summed E-state index contributed by atoms with van der Waals surface area (Å²) >= 11 is 0. The van der Waals surface area contributed by atoms with Crippen LogP contribution in [0.15, 0.2) is 16.9 Å². The van der Waals surface area contributed by atoms with Crippen LogP contribution < -0.4 is 10.9 Å². The van der Waals surface area contributed by atoms with Gasteiger partial charge in [-0.15, -0.1) is 0 Å². The van der Waals surface area contributed by atoms with Crippen molar-refractivity contribution in [3.05, 3.63) is 28.2 Å². The number of nitrogens with zero attached hydrogens (tertiary/aromatic N) is 2. The Hall–Kier alpha value is -1.16. The lowest BCUT2D eigenvalue weighted by Crippen LogP contribution is -2.24. The van der Waals surface area contributed by atoms with Gasteiger partial charge in [0.1, 0.15) is 0 Å². The molecule has 0 bridgehead atoms. The quantitative estimate of drug-likeness (QED) is 0.758. The van der Waals surface area contributed by atoms with Crippen LogP contribution in [0.5, 0.6) is 0 Å². The molecule has 0 spiro atoms. The molecule has 76 valence electrons. The van der Waals surface area contributed by atoms with E-state index in [1.165, 1.54) is 17.5 Å². The lowest BCUT2D eigenvalue weighted by Gasteiger charge is -2.04. The fourth-order valence-electron chi connectivity index (χ4n) is 1.35. The van der Waals surface area contributed by atoms with E-state index < -0.39 is 0 Å². The summed E-state index contributed by atoms with van der Waals surface area (Å²) in [5.74, 6) is 0. The van der Waals surface area contributed by atoms with E-state index in [0.717, 1.165) is 12.2 Å². The van der Waals surface area contributed by atoms with Gasteiger partial charge in [0.2, 0.25) is 0 Å². The first-order chi connectivity index (χ1) is 6.79. The van der Waals surface area contributed by atoms with Gasteiger partial charge in [-0.25, -0.2) is 4.68 Å². The zero-order valence-corrected chi connectivity index (χ0v) is 8.36. The SMILES string of the molecule is CCn1nc(CNC2CC2)ccc1=O. The van der Waals surface area contributed by atoms with E-state index in [9.17, 15) is 4.79 Å². The Labute approximate surface area is 82.9 Å². The van der Waals surface area contributed by atoms with Gasteiger partial charge in [0.25, 0.3) is 5.56 Å². The van der Waals surface area contributed by atoms with Crippen LogP contribution in [0.1, 0.15) is 25.5 Å². The highest BCUT2D eigenvalue weighted by atomic mass is 16.1. The Bertz CT molecular complexity index is 368. The summed E-state index contributed by atoms with van der Waals surface area (Å²) in [4.78, 5) is 11.2. The summed E-state index contributed by atoms with van der Waals surface area (Å²) in [6, 6.07) is 4.06. The summed E-state index contributed by atoms with van der Waals surface area (Å²) in [7, 11) is 0. The molecule has 0 saturated heterocycles. The molecule has 1 aliphatic rings. The maximum Gasteiger partial charge on any atom is 0.266 e. The maximum atomic E-state index is 11.2. The van der Waals surface area contributed by atoms with Crippen LogP contribution in [0, 0.1) is 0 Å². The second-order valence-corrected chi connectivity index (χ2v) is 3.63. The molecule has 14 heavy (non-hydrogen) atoms. The molecule has 0 aromatic carbocycles. The van der Waals surface area contributed by atoms with Crippen LogP contribution in [-0.2, 0) is 13.1 Å². The van der Waals surface area contributed by atoms with E-state index in [4.69, 9.17) is 0 Å². The second kappa shape index (κ2) is 3.92. The summed E-state index contributed by atoms with van der Waals surface area (Å²) in [6.45, 7) is 3.33. The highest BCUT2D eigenvalue weighted by Gasteiger charge is 2.20. The van der Waals surface area contributed by atoms with E-state index in [-0.39, 0.29) is 5.56 Å². The zero-order chi connectivity index (χ0) is 9.97. The van der Waals surface area contributed by atoms with Gasteiger partial charge in [-0.2, -0.15) is 5.10 Å². The Morgan fingerprint density at radius 1 is 1.57 bits per heavy atom. The van der Waals surface area contributed by atoms with Gasteiger partial charge in [-0.3, -0.25) is 4.79 Å². The van der Waals surface area contributed by atoms with Crippen molar-refractivity contribution in [3.8, 4) is 0 Å². The smallest absolute Gasteiger partial charge is 0.266 e. The molecule has 1 saturated carbocycles. The van der Waals surface area contributed by atoms with Crippen molar-refractivity contribution in [2.24, 2.45) is 0 Å². The van der Waals surface area contributed by atoms with Gasteiger partial charge >= 0.3 is 0 Å². The normalized spacial score (nSPS) is 15.8. The molecule has 4 heteroatoms. The number of hydrogen-bond donors (Lipinski definition) is 1. The first-order valence-corrected chi connectivity index (χ1v) is 5.10. The summed E-state index contributed by atoms with van der Waals surface area (Å²) in [6.07, 6.45) is 2.54. The number of rotatable bonds is 4. The van der Waals surface area contributed by atoms with E-state index in [0.29, 0.717) is 12.6 Å². The predicted octanol–water partition coefficient (Wildman–Crippen LogP) is 0.515. The number of aryl methyl sites for hydroxylation is 1. The number of nitrogens with one attached hydrogen (secondary N) is 1. The highest BCUT2D eigenvalue weighted by molar-refractivity contribution is 5.01. The Kier molecular flexibility index (Phi) is 2.63. The maximum absolute atomic E-state index is 11.2. The summed E-state index contributed by atoms with van der Waals surface area (Å²) < 4.78 is 1.49. The molecule has 1 fully saturated rings. The lowest BCUT2D eigenvalue weighted by atomic mass is 10.4. The van der Waals surface area contributed by atoms with Crippen LogP contribution in [0.4, 0.5) is 0 Å². The Morgan fingerprint density at radius 2 is 2.36 bits per heavy atom. The molecule has 0 atom stereocenters. The second-order valence-electron chi connectivity index (χ2n) is 3.63. The first-order valence-electron chi connectivity index (χ1n) is 5.10. The van der Waals surface area contributed by atoms with Crippen molar-refractivity contribution >= 4 is 0 Å². The third-order valence-corrected chi connectivity index (χ3v) is 2.37. The molecule has 1 aromatic heterocycles. The minimum absolute atomic E-state index is 0.0253. The molecule has 2 rings (SSSR count). The van der Waals surface area contributed by atoms with Crippen molar-refractivity contribution in [3.63, 3.8) is 0 Å². The summed E-state index contributed by atoms with van der Waals surface area (Å²) in [5, 5.41) is 7.60. The van der Waals surface area contributed by atoms with E-state index in [1.807, 2.05) is 6.92 Å². The minimum atomic E-state index is -0.0253. The van der Waals surface area contributed by atoms with Crippen molar-refractivity contribution in [2.45, 2.75) is 38.9 Å². The fraction of sp³-hybridized carbons (Fsp3) is 0.600. The van der Waals surface area contributed by atoms with Crippen molar-refractivity contribution in [1.29, 1.82) is 0 Å². The van der Waals surface area contributed by atoms with Crippen molar-refractivity contribution < 1.29 is 0 Å². The molecule has 4 nitrogen and oxygen atoms in total. The Morgan fingerprint density at radius 3 is 3.00 bits per heavy atom. The predicted molar refractivity (Wildman–Crippen MR) is 54.0 cm³/mol. The Balaban J connectivity index is 2.05. The molecule has 0 radical (unpaired) electrons. The van der Waals surface area contributed by atoms with Gasteiger partial charge in [-0.05, 0) is 25.8 Å². The third kappa shape index (κ3) is 2.20. The van der Waals surface area contributed by atoms with Crippen LogP contribution >= 0.6 is 0 Å². The molecule has 0 aliphatic heterocycles. The molecular weight excluding hydrogens is 178 g/mol. The zero-order valence-electron chi connectivity index (χ0n) is 8.36. The van der Waals surface area contributed by atoms with Gasteiger partial charge < -0.3 is 5.32 Å².